The minimum Gasteiger partial charge on any atom is -0.372 e. The van der Waals surface area contributed by atoms with Gasteiger partial charge in [-0.3, -0.25) is 4.79 Å². The first-order valence-electron chi connectivity index (χ1n) is 12.2. The van der Waals surface area contributed by atoms with Crippen LogP contribution in [0.25, 0.3) is 0 Å². The molecule has 3 aliphatic rings. The van der Waals surface area contributed by atoms with Crippen molar-refractivity contribution in [3.8, 4) is 6.07 Å². The Bertz CT molecular complexity index is 992. The number of piperidine rings is 1. The molecule has 3 amide bonds. The summed E-state index contributed by atoms with van der Waals surface area (Å²) in [7, 11) is 3.46. The average molecular weight is 492 g/mol. The first-order chi connectivity index (χ1) is 16.6. The first kappa shape index (κ1) is 25.1. The summed E-state index contributed by atoms with van der Waals surface area (Å²) in [6.07, 6.45) is -1.11. The van der Waals surface area contributed by atoms with Crippen molar-refractivity contribution in [2.45, 2.75) is 31.9 Å². The predicted molar refractivity (Wildman–Crippen MR) is 125 cm³/mol. The molecule has 10 heteroatoms. The van der Waals surface area contributed by atoms with Gasteiger partial charge in [0.1, 0.15) is 0 Å². The lowest BCUT2D eigenvalue weighted by molar-refractivity contribution is -0.137. The summed E-state index contributed by atoms with van der Waals surface area (Å²) in [4.78, 5) is 33.2. The van der Waals surface area contributed by atoms with Crippen LogP contribution < -0.4 is 4.90 Å². The molecule has 0 aromatic heterocycles. The SMILES string of the molecule is CN(C)C(=O)[C@@H]1CN(C(=O)N2CCCC2)C[C@H]1C1CCN(c2ccc(C#N)c(C(F)(F)F)c2)CC1. The van der Waals surface area contributed by atoms with E-state index in [1.807, 2.05) is 14.7 Å². The van der Waals surface area contributed by atoms with Gasteiger partial charge in [0.15, 0.2) is 0 Å². The fraction of sp³-hybridized carbons (Fsp3) is 0.640. The summed E-state index contributed by atoms with van der Waals surface area (Å²) in [5.74, 6) is -0.00166. The van der Waals surface area contributed by atoms with Crippen molar-refractivity contribution < 1.29 is 22.8 Å². The highest BCUT2D eigenvalue weighted by atomic mass is 19.4. The molecule has 190 valence electrons. The van der Waals surface area contributed by atoms with Crippen LogP contribution >= 0.6 is 0 Å². The monoisotopic (exact) mass is 491 g/mol. The van der Waals surface area contributed by atoms with Crippen LogP contribution in [0.5, 0.6) is 0 Å². The number of rotatable bonds is 3. The van der Waals surface area contributed by atoms with Crippen LogP contribution in [0.15, 0.2) is 18.2 Å². The molecule has 4 rings (SSSR count). The fourth-order valence-electron chi connectivity index (χ4n) is 5.81. The summed E-state index contributed by atoms with van der Waals surface area (Å²) in [5, 5.41) is 9.05. The predicted octanol–water partition coefficient (Wildman–Crippen LogP) is 3.65. The quantitative estimate of drug-likeness (QED) is 0.647. The van der Waals surface area contributed by atoms with Crippen molar-refractivity contribution >= 4 is 17.6 Å². The fourth-order valence-corrected chi connectivity index (χ4v) is 5.81. The molecule has 0 saturated carbocycles. The second-order valence-corrected chi connectivity index (χ2v) is 10.0. The number of likely N-dealkylation sites (tertiary alicyclic amines) is 2. The molecule has 3 heterocycles. The van der Waals surface area contributed by atoms with E-state index in [1.165, 1.54) is 6.07 Å². The lowest BCUT2D eigenvalue weighted by atomic mass is 9.78. The van der Waals surface area contributed by atoms with Crippen LogP contribution in [-0.2, 0) is 11.0 Å². The van der Waals surface area contributed by atoms with Gasteiger partial charge in [-0.15, -0.1) is 0 Å². The molecular formula is C25H32F3N5O2. The minimum atomic E-state index is -4.59. The normalized spacial score (nSPS) is 23.5. The Morgan fingerprint density at radius 2 is 1.69 bits per heavy atom. The third-order valence-electron chi connectivity index (χ3n) is 7.71. The largest absolute Gasteiger partial charge is 0.417 e. The first-order valence-corrected chi connectivity index (χ1v) is 12.2. The van der Waals surface area contributed by atoms with E-state index < -0.39 is 11.7 Å². The number of urea groups is 1. The van der Waals surface area contributed by atoms with Gasteiger partial charge in [-0.25, -0.2) is 4.79 Å². The van der Waals surface area contributed by atoms with E-state index in [-0.39, 0.29) is 35.3 Å². The number of anilines is 1. The molecule has 3 saturated heterocycles. The van der Waals surface area contributed by atoms with Crippen LogP contribution in [0.3, 0.4) is 0 Å². The Balaban J connectivity index is 1.46. The highest BCUT2D eigenvalue weighted by Crippen LogP contribution is 2.39. The van der Waals surface area contributed by atoms with Crippen LogP contribution in [0.2, 0.25) is 0 Å². The molecule has 0 spiro atoms. The number of carbonyl (C=O) groups is 2. The molecule has 1 aromatic rings. The molecule has 0 aliphatic carbocycles. The number of halogens is 3. The Morgan fingerprint density at radius 3 is 2.26 bits per heavy atom. The van der Waals surface area contributed by atoms with Crippen molar-refractivity contribution in [3.63, 3.8) is 0 Å². The smallest absolute Gasteiger partial charge is 0.372 e. The summed E-state index contributed by atoms with van der Waals surface area (Å²) < 4.78 is 40.2. The molecule has 0 radical (unpaired) electrons. The van der Waals surface area contributed by atoms with E-state index in [2.05, 4.69) is 0 Å². The van der Waals surface area contributed by atoms with Gasteiger partial charge in [0.05, 0.1) is 23.1 Å². The standard InChI is InChI=1S/C25H32F3N5O2/c1-30(2)23(34)21-16-33(24(35)32-9-3-4-10-32)15-20(21)17-7-11-31(12-8-17)19-6-5-18(14-29)22(13-19)25(26,27)28/h5-6,13,17,20-21H,3-4,7-12,15-16H2,1-2H3/t20-,21+/m0/s1. The molecule has 7 nitrogen and oxygen atoms in total. The van der Waals surface area contributed by atoms with E-state index in [4.69, 9.17) is 5.26 Å². The maximum absolute atomic E-state index is 13.4. The van der Waals surface area contributed by atoms with Crippen LogP contribution in [0, 0.1) is 29.1 Å². The van der Waals surface area contributed by atoms with E-state index in [0.717, 1.165) is 44.8 Å². The lowest BCUT2D eigenvalue weighted by Gasteiger charge is -2.38. The van der Waals surface area contributed by atoms with Crippen molar-refractivity contribution in [2.24, 2.45) is 17.8 Å². The zero-order chi connectivity index (χ0) is 25.3. The van der Waals surface area contributed by atoms with E-state index in [0.29, 0.717) is 31.9 Å². The summed E-state index contributed by atoms with van der Waals surface area (Å²) >= 11 is 0. The van der Waals surface area contributed by atoms with Gasteiger partial charge in [-0.1, -0.05) is 0 Å². The third kappa shape index (κ3) is 5.19. The number of nitriles is 1. The maximum atomic E-state index is 13.4. The number of hydrogen-bond donors (Lipinski definition) is 0. The number of nitrogens with zero attached hydrogens (tertiary/aromatic N) is 5. The molecule has 2 atom stereocenters. The van der Waals surface area contributed by atoms with Crippen LogP contribution in [-0.4, -0.2) is 80.0 Å². The molecule has 0 N–H and O–H groups in total. The number of alkyl halides is 3. The van der Waals surface area contributed by atoms with Gasteiger partial charge < -0.3 is 19.6 Å². The topological polar surface area (TPSA) is 70.9 Å². The Labute approximate surface area is 204 Å². The summed E-state index contributed by atoms with van der Waals surface area (Å²) in [6, 6.07) is 5.49. The average Bonchev–Trinajstić information content (AvgIpc) is 3.53. The number of amides is 3. The minimum absolute atomic E-state index is 0.0104. The molecule has 35 heavy (non-hydrogen) atoms. The Kier molecular flexibility index (Phi) is 7.15. The van der Waals surface area contributed by atoms with E-state index in [9.17, 15) is 22.8 Å². The van der Waals surface area contributed by atoms with Crippen molar-refractivity contribution in [1.29, 1.82) is 5.26 Å². The third-order valence-corrected chi connectivity index (χ3v) is 7.71. The second kappa shape index (κ2) is 9.96. The number of carbonyl (C=O) groups excluding carboxylic acids is 2. The molecule has 1 aromatic carbocycles. The van der Waals surface area contributed by atoms with Crippen LogP contribution in [0.1, 0.15) is 36.8 Å². The second-order valence-electron chi connectivity index (χ2n) is 10.0. The maximum Gasteiger partial charge on any atom is 0.417 e. The van der Waals surface area contributed by atoms with Crippen molar-refractivity contribution in [2.75, 3.05) is 58.3 Å². The van der Waals surface area contributed by atoms with Gasteiger partial charge >= 0.3 is 12.2 Å². The molecule has 0 bridgehead atoms. The van der Waals surface area contributed by atoms with E-state index >= 15 is 0 Å². The number of benzene rings is 1. The van der Waals surface area contributed by atoms with E-state index in [1.54, 1.807) is 31.1 Å². The zero-order valence-corrected chi connectivity index (χ0v) is 20.2. The summed E-state index contributed by atoms with van der Waals surface area (Å²) in [5.41, 5.74) is -0.842. The summed E-state index contributed by atoms with van der Waals surface area (Å²) in [6.45, 7) is 3.60. The molecule has 0 unspecified atom stereocenters. The highest BCUT2D eigenvalue weighted by molar-refractivity contribution is 5.82. The van der Waals surface area contributed by atoms with Gasteiger partial charge in [0, 0.05) is 59.1 Å². The van der Waals surface area contributed by atoms with Gasteiger partial charge in [-0.2, -0.15) is 18.4 Å². The van der Waals surface area contributed by atoms with Gasteiger partial charge in [-0.05, 0) is 55.7 Å². The molecular weight excluding hydrogens is 459 g/mol. The Hall–Kier alpha value is -2.96. The van der Waals surface area contributed by atoms with Crippen molar-refractivity contribution in [3.05, 3.63) is 29.3 Å². The van der Waals surface area contributed by atoms with Crippen LogP contribution in [0.4, 0.5) is 23.7 Å². The number of hydrogen-bond acceptors (Lipinski definition) is 4. The van der Waals surface area contributed by atoms with Crippen molar-refractivity contribution in [1.82, 2.24) is 14.7 Å². The molecule has 3 fully saturated rings. The highest BCUT2D eigenvalue weighted by Gasteiger charge is 2.45. The van der Waals surface area contributed by atoms with Gasteiger partial charge in [0.25, 0.3) is 0 Å². The lowest BCUT2D eigenvalue weighted by Crippen LogP contribution is -2.41. The Morgan fingerprint density at radius 1 is 1.03 bits per heavy atom. The van der Waals surface area contributed by atoms with Gasteiger partial charge in [0.2, 0.25) is 5.91 Å². The zero-order valence-electron chi connectivity index (χ0n) is 20.2. The molecule has 3 aliphatic heterocycles.